The SMILES string of the molecule is CC1=CC(OCc2ccccc2C(F)(F)F)C(C(=O)O)S1. The molecular formula is C14H13F3O3S. The molecule has 3 nitrogen and oxygen atoms in total. The van der Waals surface area contributed by atoms with Crippen molar-refractivity contribution in [1.29, 1.82) is 0 Å². The van der Waals surface area contributed by atoms with Gasteiger partial charge in [0.05, 0.1) is 18.3 Å². The summed E-state index contributed by atoms with van der Waals surface area (Å²) in [5, 5.41) is 8.25. The van der Waals surface area contributed by atoms with E-state index in [9.17, 15) is 18.0 Å². The molecule has 2 unspecified atom stereocenters. The zero-order valence-corrected chi connectivity index (χ0v) is 11.9. The Labute approximate surface area is 123 Å². The van der Waals surface area contributed by atoms with Crippen molar-refractivity contribution in [2.24, 2.45) is 0 Å². The summed E-state index contributed by atoms with van der Waals surface area (Å²) >= 11 is 1.14. The van der Waals surface area contributed by atoms with E-state index < -0.39 is 29.1 Å². The zero-order valence-electron chi connectivity index (χ0n) is 11.1. The maximum atomic E-state index is 12.9. The predicted molar refractivity (Wildman–Crippen MR) is 72.8 cm³/mol. The van der Waals surface area contributed by atoms with Crippen LogP contribution in [0.25, 0.3) is 0 Å². The summed E-state index contributed by atoms with van der Waals surface area (Å²) in [5.74, 6) is -1.04. The van der Waals surface area contributed by atoms with Crippen molar-refractivity contribution in [2.75, 3.05) is 0 Å². The first-order valence-electron chi connectivity index (χ1n) is 6.13. The van der Waals surface area contributed by atoms with Crippen LogP contribution in [0, 0.1) is 0 Å². The molecule has 21 heavy (non-hydrogen) atoms. The molecule has 1 N–H and O–H groups in total. The minimum Gasteiger partial charge on any atom is -0.480 e. The van der Waals surface area contributed by atoms with Crippen LogP contribution in [0.4, 0.5) is 13.2 Å². The number of carbonyl (C=O) groups is 1. The van der Waals surface area contributed by atoms with Crippen molar-refractivity contribution in [3.05, 3.63) is 46.4 Å². The molecule has 0 amide bonds. The first-order valence-corrected chi connectivity index (χ1v) is 7.01. The van der Waals surface area contributed by atoms with Gasteiger partial charge in [-0.1, -0.05) is 18.2 Å². The number of halogens is 3. The van der Waals surface area contributed by atoms with Gasteiger partial charge in [-0.2, -0.15) is 13.2 Å². The Morgan fingerprint density at radius 1 is 1.38 bits per heavy atom. The third-order valence-corrected chi connectivity index (χ3v) is 4.24. The number of hydrogen-bond donors (Lipinski definition) is 1. The van der Waals surface area contributed by atoms with Crippen LogP contribution in [-0.2, 0) is 22.3 Å². The van der Waals surface area contributed by atoms with E-state index in [2.05, 4.69) is 0 Å². The van der Waals surface area contributed by atoms with Crippen LogP contribution in [0.2, 0.25) is 0 Å². The number of carboxylic acids is 1. The number of carboxylic acid groups (broad SMARTS) is 1. The average molecular weight is 318 g/mol. The quantitative estimate of drug-likeness (QED) is 0.919. The highest BCUT2D eigenvalue weighted by atomic mass is 32.2. The molecule has 0 radical (unpaired) electrons. The topological polar surface area (TPSA) is 46.5 Å². The largest absolute Gasteiger partial charge is 0.480 e. The smallest absolute Gasteiger partial charge is 0.416 e. The van der Waals surface area contributed by atoms with E-state index in [1.54, 1.807) is 13.0 Å². The lowest BCUT2D eigenvalue weighted by Gasteiger charge is -2.17. The molecule has 1 aliphatic rings. The molecule has 1 heterocycles. The highest BCUT2D eigenvalue weighted by Gasteiger charge is 2.35. The number of allylic oxidation sites excluding steroid dienone is 1. The van der Waals surface area contributed by atoms with E-state index in [0.717, 1.165) is 22.7 Å². The Kier molecular flexibility index (Phi) is 4.63. The van der Waals surface area contributed by atoms with E-state index in [1.165, 1.54) is 18.2 Å². The lowest BCUT2D eigenvalue weighted by atomic mass is 10.1. The molecule has 0 aromatic heterocycles. The summed E-state index contributed by atoms with van der Waals surface area (Å²) in [5.41, 5.74) is -0.764. The Hall–Kier alpha value is -1.47. The molecule has 0 bridgehead atoms. The van der Waals surface area contributed by atoms with Crippen LogP contribution in [0.1, 0.15) is 18.1 Å². The second-order valence-corrected chi connectivity index (χ2v) is 5.97. The molecule has 0 fully saturated rings. The first-order chi connectivity index (χ1) is 9.79. The lowest BCUT2D eigenvalue weighted by Crippen LogP contribution is -2.29. The van der Waals surface area contributed by atoms with E-state index in [-0.39, 0.29) is 12.2 Å². The molecule has 1 aromatic rings. The van der Waals surface area contributed by atoms with Crippen molar-refractivity contribution >= 4 is 17.7 Å². The van der Waals surface area contributed by atoms with Gasteiger partial charge in [0.1, 0.15) is 5.25 Å². The summed E-state index contributed by atoms with van der Waals surface area (Å²) in [4.78, 5) is 11.9. The highest BCUT2D eigenvalue weighted by Crippen LogP contribution is 2.36. The van der Waals surface area contributed by atoms with Crippen LogP contribution in [-0.4, -0.2) is 22.4 Å². The van der Waals surface area contributed by atoms with Gasteiger partial charge < -0.3 is 9.84 Å². The molecule has 1 aromatic carbocycles. The molecule has 0 saturated carbocycles. The molecule has 0 saturated heterocycles. The molecule has 2 atom stereocenters. The standard InChI is InChI=1S/C14H13F3O3S/c1-8-6-11(12(21-8)13(18)19)20-7-9-4-2-3-5-10(9)14(15,16)17/h2-6,11-12H,7H2,1H3,(H,18,19). The van der Waals surface area contributed by atoms with Gasteiger partial charge in [0.2, 0.25) is 0 Å². The summed E-state index contributed by atoms with van der Waals surface area (Å²) in [6, 6.07) is 5.12. The van der Waals surface area contributed by atoms with Crippen LogP contribution in [0.5, 0.6) is 0 Å². The zero-order chi connectivity index (χ0) is 15.6. The molecule has 7 heteroatoms. The fourth-order valence-corrected chi connectivity index (χ4v) is 3.07. The van der Waals surface area contributed by atoms with Gasteiger partial charge in [0.25, 0.3) is 0 Å². The van der Waals surface area contributed by atoms with Gasteiger partial charge in [-0.05, 0) is 29.5 Å². The van der Waals surface area contributed by atoms with Crippen molar-refractivity contribution < 1.29 is 27.8 Å². The molecule has 1 aliphatic heterocycles. The number of ether oxygens (including phenoxy) is 1. The van der Waals surface area contributed by atoms with Crippen LogP contribution < -0.4 is 0 Å². The third kappa shape index (κ3) is 3.79. The Morgan fingerprint density at radius 2 is 2.05 bits per heavy atom. The predicted octanol–water partition coefficient (Wildman–Crippen LogP) is 3.69. The minimum atomic E-state index is -4.46. The lowest BCUT2D eigenvalue weighted by molar-refractivity contribution is -0.141. The van der Waals surface area contributed by atoms with Gasteiger partial charge in [-0.3, -0.25) is 4.79 Å². The fraction of sp³-hybridized carbons (Fsp3) is 0.357. The Morgan fingerprint density at radius 3 is 2.67 bits per heavy atom. The second kappa shape index (κ2) is 6.11. The van der Waals surface area contributed by atoms with Gasteiger partial charge in [0, 0.05) is 0 Å². The fourth-order valence-electron chi connectivity index (χ4n) is 2.06. The highest BCUT2D eigenvalue weighted by molar-refractivity contribution is 8.04. The van der Waals surface area contributed by atoms with E-state index in [4.69, 9.17) is 9.84 Å². The van der Waals surface area contributed by atoms with Crippen LogP contribution >= 0.6 is 11.8 Å². The van der Waals surface area contributed by atoms with E-state index in [0.29, 0.717) is 0 Å². The second-order valence-electron chi connectivity index (χ2n) is 4.58. The van der Waals surface area contributed by atoms with Gasteiger partial charge >= 0.3 is 12.1 Å². The van der Waals surface area contributed by atoms with Crippen LogP contribution in [0.15, 0.2) is 35.2 Å². The summed E-state index contributed by atoms with van der Waals surface area (Å²) in [7, 11) is 0. The summed E-state index contributed by atoms with van der Waals surface area (Å²) in [6.45, 7) is 1.46. The number of benzene rings is 1. The maximum absolute atomic E-state index is 12.9. The summed E-state index contributed by atoms with van der Waals surface area (Å²) in [6.07, 6.45) is -3.56. The molecule has 0 aliphatic carbocycles. The Bertz CT molecular complexity index is 569. The number of thioether (sulfide) groups is 1. The van der Waals surface area contributed by atoms with Gasteiger partial charge in [0.15, 0.2) is 0 Å². The monoisotopic (exact) mass is 318 g/mol. The molecular weight excluding hydrogens is 305 g/mol. The van der Waals surface area contributed by atoms with Crippen molar-refractivity contribution in [3.8, 4) is 0 Å². The van der Waals surface area contributed by atoms with E-state index in [1.807, 2.05) is 0 Å². The third-order valence-electron chi connectivity index (χ3n) is 3.01. The molecule has 0 spiro atoms. The molecule has 2 rings (SSSR count). The maximum Gasteiger partial charge on any atom is 0.416 e. The number of alkyl halides is 3. The average Bonchev–Trinajstić information content (AvgIpc) is 2.77. The number of hydrogen-bond acceptors (Lipinski definition) is 3. The van der Waals surface area contributed by atoms with Crippen LogP contribution in [0.3, 0.4) is 0 Å². The molecule has 114 valence electrons. The van der Waals surface area contributed by atoms with Crippen molar-refractivity contribution in [3.63, 3.8) is 0 Å². The first kappa shape index (κ1) is 15.9. The normalized spacial score (nSPS) is 22.2. The Balaban J connectivity index is 2.12. The number of aliphatic carboxylic acids is 1. The number of rotatable bonds is 4. The minimum absolute atomic E-state index is 0.00269. The van der Waals surface area contributed by atoms with Gasteiger partial charge in [-0.25, -0.2) is 0 Å². The van der Waals surface area contributed by atoms with E-state index >= 15 is 0 Å². The summed E-state index contributed by atoms with van der Waals surface area (Å²) < 4.78 is 43.9. The van der Waals surface area contributed by atoms with Gasteiger partial charge in [-0.15, -0.1) is 11.8 Å². The van der Waals surface area contributed by atoms with Crippen molar-refractivity contribution in [1.82, 2.24) is 0 Å². The van der Waals surface area contributed by atoms with Crippen molar-refractivity contribution in [2.45, 2.75) is 31.1 Å².